The van der Waals surface area contributed by atoms with Gasteiger partial charge in [-0.2, -0.15) is 0 Å². The lowest BCUT2D eigenvalue weighted by Gasteiger charge is -2.30. The van der Waals surface area contributed by atoms with Crippen LogP contribution in [-0.4, -0.2) is 6.54 Å². The molecule has 2 aromatic carbocycles. The van der Waals surface area contributed by atoms with Gasteiger partial charge in [0.05, 0.1) is 0 Å². The van der Waals surface area contributed by atoms with Gasteiger partial charge in [-0.1, -0.05) is 69.2 Å². The molecule has 0 bridgehead atoms. The fourth-order valence-electron chi connectivity index (χ4n) is 4.16. The molecule has 0 aliphatic heterocycles. The molecule has 1 heteroatoms. The van der Waals surface area contributed by atoms with Crippen molar-refractivity contribution in [1.82, 2.24) is 0 Å². The van der Waals surface area contributed by atoms with Gasteiger partial charge in [0.1, 0.15) is 0 Å². The van der Waals surface area contributed by atoms with Gasteiger partial charge in [-0.3, -0.25) is 0 Å². The molecule has 1 nitrogen and oxygen atoms in total. The van der Waals surface area contributed by atoms with E-state index in [-0.39, 0.29) is 5.41 Å². The van der Waals surface area contributed by atoms with E-state index in [2.05, 4.69) is 96.3 Å². The molecule has 2 rings (SSSR count). The van der Waals surface area contributed by atoms with Gasteiger partial charge in [0.25, 0.3) is 0 Å². The first-order chi connectivity index (χ1) is 12.7. The maximum atomic E-state index is 3.75. The van der Waals surface area contributed by atoms with E-state index in [9.17, 15) is 0 Å². The van der Waals surface area contributed by atoms with Gasteiger partial charge in [-0.25, -0.2) is 0 Å². The van der Waals surface area contributed by atoms with Crippen molar-refractivity contribution in [3.8, 4) is 0 Å². The molecule has 146 valence electrons. The highest BCUT2D eigenvalue weighted by molar-refractivity contribution is 5.58. The highest BCUT2D eigenvalue weighted by atomic mass is 14.9. The van der Waals surface area contributed by atoms with Crippen LogP contribution >= 0.6 is 0 Å². The van der Waals surface area contributed by atoms with Crippen LogP contribution in [0.15, 0.2) is 42.0 Å². The van der Waals surface area contributed by atoms with Crippen LogP contribution in [0.2, 0.25) is 0 Å². The molecular formula is C26H37N. The van der Waals surface area contributed by atoms with Gasteiger partial charge < -0.3 is 5.32 Å². The van der Waals surface area contributed by atoms with Gasteiger partial charge in [-0.05, 0) is 74.4 Å². The number of allylic oxidation sites excluding steroid dienone is 1. The van der Waals surface area contributed by atoms with E-state index in [1.807, 2.05) is 0 Å². The first kappa shape index (κ1) is 21.3. The molecule has 0 aliphatic rings. The molecule has 2 aromatic rings. The van der Waals surface area contributed by atoms with Crippen LogP contribution in [0.1, 0.15) is 75.3 Å². The summed E-state index contributed by atoms with van der Waals surface area (Å²) in [5.41, 5.74) is 9.66. The Balaban J connectivity index is 2.24. The van der Waals surface area contributed by atoms with E-state index in [0.29, 0.717) is 0 Å². The van der Waals surface area contributed by atoms with Crippen LogP contribution in [0, 0.1) is 13.8 Å². The highest BCUT2D eigenvalue weighted by Crippen LogP contribution is 2.32. The molecule has 0 spiro atoms. The lowest BCUT2D eigenvalue weighted by atomic mass is 9.78. The Morgan fingerprint density at radius 3 is 2.26 bits per heavy atom. The number of hydrogen-bond donors (Lipinski definition) is 1. The summed E-state index contributed by atoms with van der Waals surface area (Å²) in [4.78, 5) is 0. The number of unbranched alkanes of at least 4 members (excludes halogenated alkanes) is 1. The molecular weight excluding hydrogens is 326 g/mol. The number of benzene rings is 2. The molecule has 0 saturated heterocycles. The minimum Gasteiger partial charge on any atom is -0.384 e. The normalized spacial score (nSPS) is 11.4. The Kier molecular flexibility index (Phi) is 7.30. The molecule has 0 aliphatic carbocycles. The van der Waals surface area contributed by atoms with Gasteiger partial charge in [-0.15, -0.1) is 0 Å². The monoisotopic (exact) mass is 363 g/mol. The van der Waals surface area contributed by atoms with Gasteiger partial charge in [0, 0.05) is 17.6 Å². The zero-order valence-electron chi connectivity index (χ0n) is 18.4. The van der Waals surface area contributed by atoms with Crippen LogP contribution in [0.25, 0.3) is 6.08 Å². The highest BCUT2D eigenvalue weighted by Gasteiger charge is 2.25. The van der Waals surface area contributed by atoms with Crippen molar-refractivity contribution in [2.24, 2.45) is 0 Å². The molecule has 27 heavy (non-hydrogen) atoms. The molecule has 0 atom stereocenters. The van der Waals surface area contributed by atoms with E-state index in [1.54, 1.807) is 0 Å². The van der Waals surface area contributed by atoms with Crippen molar-refractivity contribution in [1.29, 1.82) is 0 Å². The molecule has 0 fully saturated rings. The largest absolute Gasteiger partial charge is 0.384 e. The topological polar surface area (TPSA) is 12.0 Å². The molecule has 0 aromatic heterocycles. The maximum absolute atomic E-state index is 3.75. The summed E-state index contributed by atoms with van der Waals surface area (Å²) < 4.78 is 0. The first-order valence-corrected chi connectivity index (χ1v) is 10.3. The van der Waals surface area contributed by atoms with E-state index < -0.39 is 0 Å². The van der Waals surface area contributed by atoms with Crippen molar-refractivity contribution in [2.75, 3.05) is 11.9 Å². The summed E-state index contributed by atoms with van der Waals surface area (Å²) in [6.45, 7) is 16.7. The maximum Gasteiger partial charge on any atom is 0.0373 e. The Labute approximate surface area is 166 Å². The lowest BCUT2D eigenvalue weighted by Crippen LogP contribution is -2.30. The molecule has 0 amide bonds. The average molecular weight is 364 g/mol. The summed E-state index contributed by atoms with van der Waals surface area (Å²) in [6, 6.07) is 13.4. The van der Waals surface area contributed by atoms with Crippen molar-refractivity contribution >= 4 is 11.8 Å². The SMILES string of the molecule is CCCCc1ccccc1NCC(C)(C)c1c(C)cc(C=C(C)C)cc1C. The Bertz CT molecular complexity index is 769. The summed E-state index contributed by atoms with van der Waals surface area (Å²) >= 11 is 0. The number of para-hydroxylation sites is 1. The first-order valence-electron chi connectivity index (χ1n) is 10.3. The summed E-state index contributed by atoms with van der Waals surface area (Å²) in [7, 11) is 0. The predicted molar refractivity (Wildman–Crippen MR) is 122 cm³/mol. The molecule has 0 unspecified atom stereocenters. The number of anilines is 1. The van der Waals surface area contributed by atoms with Crippen LogP contribution in [0.5, 0.6) is 0 Å². The second kappa shape index (κ2) is 9.26. The quantitative estimate of drug-likeness (QED) is 0.513. The third kappa shape index (κ3) is 5.73. The minimum atomic E-state index is 0.0650. The Morgan fingerprint density at radius 1 is 1.04 bits per heavy atom. The zero-order valence-corrected chi connectivity index (χ0v) is 18.4. The fourth-order valence-corrected chi connectivity index (χ4v) is 4.16. The summed E-state index contributed by atoms with van der Waals surface area (Å²) in [5.74, 6) is 0. The van der Waals surface area contributed by atoms with Gasteiger partial charge in [0.2, 0.25) is 0 Å². The van der Waals surface area contributed by atoms with E-state index in [1.165, 1.54) is 51.9 Å². The zero-order chi connectivity index (χ0) is 20.0. The van der Waals surface area contributed by atoms with Crippen LogP contribution in [-0.2, 0) is 11.8 Å². The second-order valence-electron chi connectivity index (χ2n) is 8.75. The van der Waals surface area contributed by atoms with E-state index in [0.717, 1.165) is 13.0 Å². The molecule has 1 N–H and O–H groups in total. The van der Waals surface area contributed by atoms with Gasteiger partial charge >= 0.3 is 0 Å². The second-order valence-corrected chi connectivity index (χ2v) is 8.75. The van der Waals surface area contributed by atoms with Crippen molar-refractivity contribution in [2.45, 2.75) is 73.1 Å². The number of rotatable bonds is 8. The Morgan fingerprint density at radius 2 is 1.67 bits per heavy atom. The standard InChI is InChI=1S/C26H37N/c1-8-9-12-23-13-10-11-14-24(23)27-18-26(6,7)25-20(4)16-22(15-19(2)3)17-21(25)5/h10-11,13-17,27H,8-9,12,18H2,1-7H3. The lowest BCUT2D eigenvalue weighted by molar-refractivity contribution is 0.549. The Hall–Kier alpha value is -2.02. The van der Waals surface area contributed by atoms with E-state index >= 15 is 0 Å². The minimum absolute atomic E-state index is 0.0650. The van der Waals surface area contributed by atoms with Crippen LogP contribution in [0.3, 0.4) is 0 Å². The third-order valence-electron chi connectivity index (χ3n) is 5.22. The van der Waals surface area contributed by atoms with Crippen molar-refractivity contribution in [3.63, 3.8) is 0 Å². The fraction of sp³-hybridized carbons (Fsp3) is 0.462. The van der Waals surface area contributed by atoms with Crippen LogP contribution < -0.4 is 5.32 Å². The summed E-state index contributed by atoms with van der Waals surface area (Å²) in [5, 5.41) is 3.75. The number of aryl methyl sites for hydroxylation is 3. The molecule has 0 saturated carbocycles. The predicted octanol–water partition coefficient (Wildman–Crippen LogP) is 7.46. The van der Waals surface area contributed by atoms with Gasteiger partial charge in [0.15, 0.2) is 0 Å². The van der Waals surface area contributed by atoms with Crippen molar-refractivity contribution in [3.05, 3.63) is 69.8 Å². The summed E-state index contributed by atoms with van der Waals surface area (Å²) in [6.07, 6.45) is 5.89. The average Bonchev–Trinajstić information content (AvgIpc) is 2.57. The number of hydrogen-bond acceptors (Lipinski definition) is 1. The molecule has 0 heterocycles. The molecule has 0 radical (unpaired) electrons. The third-order valence-corrected chi connectivity index (χ3v) is 5.22. The number of nitrogens with one attached hydrogen (secondary N) is 1. The van der Waals surface area contributed by atoms with Crippen molar-refractivity contribution < 1.29 is 0 Å². The van der Waals surface area contributed by atoms with E-state index in [4.69, 9.17) is 0 Å². The van der Waals surface area contributed by atoms with Crippen LogP contribution in [0.4, 0.5) is 5.69 Å². The smallest absolute Gasteiger partial charge is 0.0373 e.